The van der Waals surface area contributed by atoms with Crippen LogP contribution in [0.2, 0.25) is 5.02 Å². The van der Waals surface area contributed by atoms with E-state index >= 15 is 0 Å². The van der Waals surface area contributed by atoms with Crippen LogP contribution >= 0.6 is 11.6 Å². The van der Waals surface area contributed by atoms with Gasteiger partial charge in [-0.1, -0.05) is 11.6 Å². The Balaban J connectivity index is 2.17. The Morgan fingerprint density at radius 2 is 1.78 bits per heavy atom. The Morgan fingerprint density at radius 3 is 2.30 bits per heavy atom. The van der Waals surface area contributed by atoms with Gasteiger partial charge in [-0.2, -0.15) is 0 Å². The van der Waals surface area contributed by atoms with Crippen molar-refractivity contribution in [2.24, 2.45) is 5.92 Å². The third kappa shape index (κ3) is 5.82. The van der Waals surface area contributed by atoms with Crippen LogP contribution in [0.25, 0.3) is 0 Å². The second kappa shape index (κ2) is 8.46. The van der Waals surface area contributed by atoms with E-state index in [4.69, 9.17) is 25.8 Å². The zero-order chi connectivity index (χ0) is 20.2. The largest absolute Gasteiger partial charge is 0.444 e. The molecule has 0 bridgehead atoms. The normalized spacial score (nSPS) is 19.5. The molecule has 1 fully saturated rings. The molecular weight excluding hydrogens is 372 g/mol. The van der Waals surface area contributed by atoms with Gasteiger partial charge in [0.15, 0.2) is 5.79 Å². The number of amides is 2. The van der Waals surface area contributed by atoms with Crippen LogP contribution in [0.15, 0.2) is 24.3 Å². The smallest absolute Gasteiger partial charge is 0.410 e. The number of benzene rings is 1. The minimum atomic E-state index is -1.07. The summed E-state index contributed by atoms with van der Waals surface area (Å²) in [4.78, 5) is 26.8. The summed E-state index contributed by atoms with van der Waals surface area (Å²) in [6.07, 6.45) is -0.191. The fourth-order valence-electron chi connectivity index (χ4n) is 2.92. The number of hydrogen-bond acceptors (Lipinski definition) is 5. The number of anilines is 1. The summed E-state index contributed by atoms with van der Waals surface area (Å²) < 4.78 is 16.5. The van der Waals surface area contributed by atoms with E-state index in [1.165, 1.54) is 19.1 Å². The fraction of sp³-hybridized carbons (Fsp3) is 0.579. The standard InChI is InChI=1S/C19H27ClN2O5/c1-18(2,3)27-17(24)22-11-13(10-19(12-22,25-4)26-5)16(23)21-15-8-6-14(20)7-9-15/h6-9,13H,10-12H2,1-5H3,(H,21,23). The molecule has 1 heterocycles. The number of carbonyl (C=O) groups is 2. The molecule has 1 unspecified atom stereocenters. The molecule has 0 radical (unpaired) electrons. The van der Waals surface area contributed by atoms with Gasteiger partial charge in [0.1, 0.15) is 5.60 Å². The van der Waals surface area contributed by atoms with Gasteiger partial charge in [0.05, 0.1) is 12.5 Å². The van der Waals surface area contributed by atoms with E-state index in [0.29, 0.717) is 17.1 Å². The molecule has 150 valence electrons. The fourth-order valence-corrected chi connectivity index (χ4v) is 3.05. The van der Waals surface area contributed by atoms with Gasteiger partial charge in [-0.05, 0) is 45.0 Å². The van der Waals surface area contributed by atoms with Crippen molar-refractivity contribution in [2.75, 3.05) is 32.6 Å². The van der Waals surface area contributed by atoms with Crippen molar-refractivity contribution in [3.05, 3.63) is 29.3 Å². The number of likely N-dealkylation sites (tertiary alicyclic amines) is 1. The van der Waals surface area contributed by atoms with Crippen LogP contribution in [0.4, 0.5) is 10.5 Å². The van der Waals surface area contributed by atoms with E-state index in [1.54, 1.807) is 45.0 Å². The molecule has 1 aliphatic heterocycles. The molecule has 1 aromatic carbocycles. The lowest BCUT2D eigenvalue weighted by molar-refractivity contribution is -0.237. The summed E-state index contributed by atoms with van der Waals surface area (Å²) >= 11 is 5.87. The quantitative estimate of drug-likeness (QED) is 0.785. The van der Waals surface area contributed by atoms with Crippen LogP contribution in [0.3, 0.4) is 0 Å². The molecule has 1 aliphatic rings. The van der Waals surface area contributed by atoms with Crippen molar-refractivity contribution in [3.8, 4) is 0 Å². The minimum absolute atomic E-state index is 0.180. The molecule has 8 heteroatoms. The average Bonchev–Trinajstić information content (AvgIpc) is 2.61. The lowest BCUT2D eigenvalue weighted by Gasteiger charge is -2.43. The molecule has 7 nitrogen and oxygen atoms in total. The zero-order valence-electron chi connectivity index (χ0n) is 16.4. The number of methoxy groups -OCH3 is 2. The first-order valence-corrected chi connectivity index (χ1v) is 9.10. The molecule has 1 N–H and O–H groups in total. The lowest BCUT2D eigenvalue weighted by atomic mass is 9.92. The monoisotopic (exact) mass is 398 g/mol. The molecule has 27 heavy (non-hydrogen) atoms. The summed E-state index contributed by atoms with van der Waals surface area (Å²) in [6, 6.07) is 6.82. The van der Waals surface area contributed by atoms with Crippen molar-refractivity contribution < 1.29 is 23.8 Å². The molecule has 0 saturated carbocycles. The van der Waals surface area contributed by atoms with Crippen molar-refractivity contribution in [1.29, 1.82) is 0 Å². The average molecular weight is 399 g/mol. The summed E-state index contributed by atoms with van der Waals surface area (Å²) in [5, 5.41) is 3.43. The highest BCUT2D eigenvalue weighted by Crippen LogP contribution is 2.31. The van der Waals surface area contributed by atoms with Crippen LogP contribution in [-0.4, -0.2) is 55.6 Å². The second-order valence-electron chi connectivity index (χ2n) is 7.58. The maximum Gasteiger partial charge on any atom is 0.410 e. The van der Waals surface area contributed by atoms with Gasteiger partial charge in [-0.25, -0.2) is 4.79 Å². The van der Waals surface area contributed by atoms with Gasteiger partial charge < -0.3 is 24.4 Å². The van der Waals surface area contributed by atoms with Gasteiger partial charge in [0.25, 0.3) is 0 Å². The Morgan fingerprint density at radius 1 is 1.19 bits per heavy atom. The third-order valence-electron chi connectivity index (χ3n) is 4.31. The van der Waals surface area contributed by atoms with Crippen molar-refractivity contribution in [1.82, 2.24) is 4.90 Å². The highest BCUT2D eigenvalue weighted by Gasteiger charge is 2.45. The van der Waals surface area contributed by atoms with Gasteiger partial charge in [0, 0.05) is 37.9 Å². The highest BCUT2D eigenvalue weighted by molar-refractivity contribution is 6.30. The highest BCUT2D eigenvalue weighted by atomic mass is 35.5. The topological polar surface area (TPSA) is 77.1 Å². The molecular formula is C19H27ClN2O5. The van der Waals surface area contributed by atoms with Crippen molar-refractivity contribution in [2.45, 2.75) is 38.6 Å². The number of rotatable bonds is 4. The summed E-state index contributed by atoms with van der Waals surface area (Å²) in [5.74, 6) is -1.83. The van der Waals surface area contributed by atoms with Crippen molar-refractivity contribution >= 4 is 29.3 Å². The van der Waals surface area contributed by atoms with Gasteiger partial charge in [-0.15, -0.1) is 0 Å². The van der Waals surface area contributed by atoms with E-state index in [2.05, 4.69) is 5.32 Å². The third-order valence-corrected chi connectivity index (χ3v) is 4.56. The first kappa shape index (κ1) is 21.5. The number of carbonyl (C=O) groups excluding carboxylic acids is 2. The molecule has 0 aromatic heterocycles. The molecule has 2 rings (SSSR count). The van der Waals surface area contributed by atoms with E-state index in [-0.39, 0.29) is 19.0 Å². The summed E-state index contributed by atoms with van der Waals surface area (Å²) in [5.41, 5.74) is -0.0162. The predicted molar refractivity (Wildman–Crippen MR) is 103 cm³/mol. The molecule has 0 spiro atoms. The predicted octanol–water partition coefficient (Wildman–Crippen LogP) is 3.52. The number of piperidine rings is 1. The van der Waals surface area contributed by atoms with E-state index in [1.807, 2.05) is 0 Å². The van der Waals surface area contributed by atoms with Crippen LogP contribution in [0.1, 0.15) is 27.2 Å². The SMILES string of the molecule is COC1(OC)CC(C(=O)Nc2ccc(Cl)cc2)CN(C(=O)OC(C)(C)C)C1. The van der Waals surface area contributed by atoms with Crippen LogP contribution in [-0.2, 0) is 19.0 Å². The summed E-state index contributed by atoms with van der Waals surface area (Å²) in [6.45, 7) is 5.76. The van der Waals surface area contributed by atoms with Crippen LogP contribution in [0, 0.1) is 5.92 Å². The number of ether oxygens (including phenoxy) is 3. The first-order valence-electron chi connectivity index (χ1n) is 8.72. The number of nitrogens with one attached hydrogen (secondary N) is 1. The first-order chi connectivity index (χ1) is 12.6. The number of halogens is 1. The van der Waals surface area contributed by atoms with Crippen LogP contribution in [0.5, 0.6) is 0 Å². The summed E-state index contributed by atoms with van der Waals surface area (Å²) in [7, 11) is 2.99. The number of hydrogen-bond donors (Lipinski definition) is 1. The maximum absolute atomic E-state index is 12.8. The molecule has 2 amide bonds. The lowest BCUT2D eigenvalue weighted by Crippen LogP contribution is -2.58. The molecule has 1 atom stereocenters. The van der Waals surface area contributed by atoms with E-state index in [9.17, 15) is 9.59 Å². The molecule has 1 saturated heterocycles. The molecule has 1 aromatic rings. The van der Waals surface area contributed by atoms with Gasteiger partial charge in [-0.3, -0.25) is 4.79 Å². The number of nitrogens with zero attached hydrogens (tertiary/aromatic N) is 1. The van der Waals surface area contributed by atoms with Gasteiger partial charge in [0.2, 0.25) is 5.91 Å². The maximum atomic E-state index is 12.8. The second-order valence-corrected chi connectivity index (χ2v) is 8.01. The van der Waals surface area contributed by atoms with E-state index in [0.717, 1.165) is 0 Å². The molecule has 0 aliphatic carbocycles. The zero-order valence-corrected chi connectivity index (χ0v) is 17.1. The Kier molecular flexibility index (Phi) is 6.72. The van der Waals surface area contributed by atoms with Crippen LogP contribution < -0.4 is 5.32 Å². The van der Waals surface area contributed by atoms with Gasteiger partial charge >= 0.3 is 6.09 Å². The minimum Gasteiger partial charge on any atom is -0.444 e. The Hall–Kier alpha value is -1.83. The van der Waals surface area contributed by atoms with Crippen molar-refractivity contribution in [3.63, 3.8) is 0 Å². The Labute approximate surface area is 164 Å². The van der Waals surface area contributed by atoms with E-state index < -0.39 is 23.4 Å². The Bertz CT molecular complexity index is 668.